The van der Waals surface area contributed by atoms with Crippen LogP contribution in [0.25, 0.3) is 0 Å². The molecule has 7 heteroatoms. The molecule has 0 heterocycles. The van der Waals surface area contributed by atoms with E-state index in [4.69, 9.17) is 11.6 Å². The van der Waals surface area contributed by atoms with Crippen molar-refractivity contribution in [2.24, 2.45) is 0 Å². The minimum atomic E-state index is -1.47. The summed E-state index contributed by atoms with van der Waals surface area (Å²) in [5.74, 6) is -3.49. The number of carboxylic acid groups (broad SMARTS) is 1. The molecule has 17 heavy (non-hydrogen) atoms. The van der Waals surface area contributed by atoms with Gasteiger partial charge in [-0.3, -0.25) is 9.59 Å². The highest BCUT2D eigenvalue weighted by molar-refractivity contribution is 6.39. The first kappa shape index (κ1) is 13.0. The number of carbonyl (C=O) groups is 3. The first-order chi connectivity index (χ1) is 7.99. The number of hydrogen-bond acceptors (Lipinski definition) is 4. The summed E-state index contributed by atoms with van der Waals surface area (Å²) in [6, 6.07) is 6.09. The van der Waals surface area contributed by atoms with E-state index in [0.29, 0.717) is 10.7 Å². The Hall–Kier alpha value is -2.08. The standard InChI is InChI=1S/C10H9ClN2O4/c11-6-1-3-7(4-2-6)13-10(17)9(16)12-5-8(14)15/h1-4H,5H2,(H,12,16)(H,13,17)(H,14,15)/p-1. The fraction of sp³-hybridized carbons (Fsp3) is 0.100. The number of carboxylic acids is 1. The van der Waals surface area contributed by atoms with Crippen LogP contribution in [0.1, 0.15) is 0 Å². The molecule has 0 fully saturated rings. The summed E-state index contributed by atoms with van der Waals surface area (Å²) in [7, 11) is 0. The summed E-state index contributed by atoms with van der Waals surface area (Å²) < 4.78 is 0. The fourth-order valence-corrected chi connectivity index (χ4v) is 1.08. The summed E-state index contributed by atoms with van der Waals surface area (Å²) in [4.78, 5) is 32.4. The summed E-state index contributed by atoms with van der Waals surface area (Å²) >= 11 is 5.63. The van der Waals surface area contributed by atoms with Gasteiger partial charge in [0.1, 0.15) is 0 Å². The number of carbonyl (C=O) groups excluding carboxylic acids is 3. The molecule has 6 nitrogen and oxygen atoms in total. The van der Waals surface area contributed by atoms with Gasteiger partial charge in [0.2, 0.25) is 0 Å². The lowest BCUT2D eigenvalue weighted by atomic mass is 10.3. The summed E-state index contributed by atoms with van der Waals surface area (Å²) in [6.45, 7) is -0.715. The van der Waals surface area contributed by atoms with Gasteiger partial charge in [-0.15, -0.1) is 0 Å². The quantitative estimate of drug-likeness (QED) is 0.687. The predicted octanol–water partition coefficient (Wildman–Crippen LogP) is -0.855. The van der Waals surface area contributed by atoms with E-state index in [1.807, 2.05) is 5.32 Å². The Morgan fingerprint density at radius 2 is 1.71 bits per heavy atom. The fourth-order valence-electron chi connectivity index (χ4n) is 0.954. The van der Waals surface area contributed by atoms with Gasteiger partial charge in [0.05, 0.1) is 12.5 Å². The number of hydrogen-bond donors (Lipinski definition) is 2. The smallest absolute Gasteiger partial charge is 0.313 e. The van der Waals surface area contributed by atoms with Crippen LogP contribution in [0.3, 0.4) is 0 Å². The van der Waals surface area contributed by atoms with Crippen molar-refractivity contribution in [1.29, 1.82) is 0 Å². The van der Waals surface area contributed by atoms with Gasteiger partial charge in [0, 0.05) is 10.7 Å². The van der Waals surface area contributed by atoms with Crippen LogP contribution in [0.15, 0.2) is 24.3 Å². The zero-order valence-corrected chi connectivity index (χ0v) is 9.28. The van der Waals surface area contributed by atoms with Gasteiger partial charge < -0.3 is 20.5 Å². The number of anilines is 1. The molecule has 0 aliphatic rings. The van der Waals surface area contributed by atoms with E-state index in [9.17, 15) is 19.5 Å². The second-order valence-corrected chi connectivity index (χ2v) is 3.45. The lowest BCUT2D eigenvalue weighted by Crippen LogP contribution is -2.42. The van der Waals surface area contributed by atoms with Crippen LogP contribution in [0.4, 0.5) is 5.69 Å². The molecule has 2 N–H and O–H groups in total. The average molecular weight is 256 g/mol. The Labute approximate surface area is 102 Å². The van der Waals surface area contributed by atoms with Crippen molar-refractivity contribution in [1.82, 2.24) is 5.32 Å². The second-order valence-electron chi connectivity index (χ2n) is 3.02. The van der Waals surface area contributed by atoms with E-state index in [0.717, 1.165) is 0 Å². The summed E-state index contributed by atoms with van der Waals surface area (Å²) in [6.07, 6.45) is 0. The Morgan fingerprint density at radius 1 is 1.12 bits per heavy atom. The van der Waals surface area contributed by atoms with E-state index in [1.165, 1.54) is 24.3 Å². The minimum Gasteiger partial charge on any atom is -0.548 e. The highest BCUT2D eigenvalue weighted by atomic mass is 35.5. The molecule has 0 radical (unpaired) electrons. The van der Waals surface area contributed by atoms with Crippen molar-refractivity contribution in [3.63, 3.8) is 0 Å². The van der Waals surface area contributed by atoms with Crippen LogP contribution in [-0.4, -0.2) is 24.3 Å². The molecule has 1 aromatic carbocycles. The van der Waals surface area contributed by atoms with Gasteiger partial charge >= 0.3 is 11.8 Å². The number of nitrogens with one attached hydrogen (secondary N) is 2. The summed E-state index contributed by atoms with van der Waals surface area (Å²) in [5.41, 5.74) is 0.378. The Bertz CT molecular complexity index is 444. The van der Waals surface area contributed by atoms with E-state index in [-0.39, 0.29) is 0 Å². The zero-order valence-electron chi connectivity index (χ0n) is 8.53. The zero-order chi connectivity index (χ0) is 12.8. The van der Waals surface area contributed by atoms with Gasteiger partial charge in [-0.25, -0.2) is 0 Å². The largest absolute Gasteiger partial charge is 0.548 e. The highest BCUT2D eigenvalue weighted by Crippen LogP contribution is 2.12. The third-order valence-electron chi connectivity index (χ3n) is 1.70. The lowest BCUT2D eigenvalue weighted by molar-refractivity contribution is -0.303. The SMILES string of the molecule is O=C([O-])CNC(=O)C(=O)Nc1ccc(Cl)cc1. The number of amides is 2. The normalized spacial score (nSPS) is 9.47. The van der Waals surface area contributed by atoms with E-state index in [1.54, 1.807) is 0 Å². The topological polar surface area (TPSA) is 98.3 Å². The molecule has 0 atom stereocenters. The van der Waals surface area contributed by atoms with E-state index >= 15 is 0 Å². The van der Waals surface area contributed by atoms with Crippen molar-refractivity contribution in [2.45, 2.75) is 0 Å². The molecule has 1 rings (SSSR count). The molecule has 1 aromatic rings. The van der Waals surface area contributed by atoms with Gasteiger partial charge in [-0.1, -0.05) is 11.6 Å². The maximum absolute atomic E-state index is 11.2. The number of aliphatic carboxylic acids is 1. The predicted molar refractivity (Wildman–Crippen MR) is 58.1 cm³/mol. The average Bonchev–Trinajstić information content (AvgIpc) is 2.28. The molecule has 0 aliphatic carbocycles. The van der Waals surface area contributed by atoms with Crippen molar-refractivity contribution >= 4 is 35.1 Å². The molecule has 0 bridgehead atoms. The Balaban J connectivity index is 2.51. The minimum absolute atomic E-state index is 0.378. The maximum atomic E-state index is 11.2. The lowest BCUT2D eigenvalue weighted by Gasteiger charge is -2.06. The molecule has 0 aromatic heterocycles. The molecule has 90 valence electrons. The van der Waals surface area contributed by atoms with Crippen LogP contribution in [0.2, 0.25) is 5.02 Å². The van der Waals surface area contributed by atoms with Crippen LogP contribution in [0, 0.1) is 0 Å². The Morgan fingerprint density at radius 3 is 2.24 bits per heavy atom. The monoisotopic (exact) mass is 255 g/mol. The molecule has 0 saturated carbocycles. The van der Waals surface area contributed by atoms with Gasteiger partial charge in [0.15, 0.2) is 0 Å². The van der Waals surface area contributed by atoms with Crippen LogP contribution in [-0.2, 0) is 14.4 Å². The number of benzene rings is 1. The van der Waals surface area contributed by atoms with Crippen molar-refractivity contribution in [3.05, 3.63) is 29.3 Å². The van der Waals surface area contributed by atoms with Crippen LogP contribution < -0.4 is 15.7 Å². The van der Waals surface area contributed by atoms with Crippen molar-refractivity contribution in [3.8, 4) is 0 Å². The van der Waals surface area contributed by atoms with Crippen molar-refractivity contribution in [2.75, 3.05) is 11.9 Å². The van der Waals surface area contributed by atoms with E-state index in [2.05, 4.69) is 5.32 Å². The number of rotatable bonds is 3. The second kappa shape index (κ2) is 5.86. The molecule has 0 unspecified atom stereocenters. The highest BCUT2D eigenvalue weighted by Gasteiger charge is 2.12. The molecule has 2 amide bonds. The molecule has 0 aliphatic heterocycles. The van der Waals surface area contributed by atoms with Gasteiger partial charge in [0.25, 0.3) is 0 Å². The maximum Gasteiger partial charge on any atom is 0.313 e. The summed E-state index contributed by atoms with van der Waals surface area (Å²) in [5, 5.41) is 14.7. The third kappa shape index (κ3) is 4.52. The first-order valence-electron chi connectivity index (χ1n) is 4.53. The van der Waals surface area contributed by atoms with Crippen LogP contribution >= 0.6 is 11.6 Å². The molecule has 0 saturated heterocycles. The first-order valence-corrected chi connectivity index (χ1v) is 4.91. The third-order valence-corrected chi connectivity index (χ3v) is 1.95. The molecule has 0 spiro atoms. The van der Waals surface area contributed by atoms with E-state index < -0.39 is 24.3 Å². The van der Waals surface area contributed by atoms with Gasteiger partial charge in [-0.2, -0.15) is 0 Å². The Kier molecular flexibility index (Phi) is 4.47. The molecular weight excluding hydrogens is 248 g/mol. The van der Waals surface area contributed by atoms with Crippen molar-refractivity contribution < 1.29 is 19.5 Å². The number of halogens is 1. The van der Waals surface area contributed by atoms with Gasteiger partial charge in [-0.05, 0) is 24.3 Å². The molecular formula is C10H8ClN2O4-. The van der Waals surface area contributed by atoms with Crippen LogP contribution in [0.5, 0.6) is 0 Å².